The van der Waals surface area contributed by atoms with E-state index in [1.165, 1.54) is 12.8 Å². The van der Waals surface area contributed by atoms with Crippen molar-refractivity contribution in [3.05, 3.63) is 29.3 Å². The lowest BCUT2D eigenvalue weighted by Gasteiger charge is -2.13. The first-order valence-corrected chi connectivity index (χ1v) is 6.98. The minimum atomic E-state index is -0.0271. The van der Waals surface area contributed by atoms with Crippen LogP contribution in [0.15, 0.2) is 18.2 Å². The zero-order valence-corrected chi connectivity index (χ0v) is 11.1. The smallest absolute Gasteiger partial charge is 0.251 e. The second-order valence-corrected chi connectivity index (χ2v) is 5.98. The van der Waals surface area contributed by atoms with Gasteiger partial charge in [0.25, 0.3) is 5.91 Å². The van der Waals surface area contributed by atoms with Gasteiger partial charge < -0.3 is 11.1 Å². The molecule has 1 saturated carbocycles. The number of rotatable bonds is 4. The molecule has 0 atom stereocenters. The van der Waals surface area contributed by atoms with Crippen molar-refractivity contribution in [2.75, 3.05) is 18.5 Å². The Bertz CT molecular complexity index is 421. The van der Waals surface area contributed by atoms with Gasteiger partial charge in [0, 0.05) is 22.5 Å². The van der Waals surface area contributed by atoms with Crippen LogP contribution in [-0.4, -0.2) is 23.5 Å². The van der Waals surface area contributed by atoms with Crippen molar-refractivity contribution >= 4 is 23.4 Å². The molecule has 1 aliphatic rings. The molecule has 1 amide bonds. The number of nitrogen functional groups attached to an aromatic ring is 1. The molecule has 0 radical (unpaired) electrons. The summed E-state index contributed by atoms with van der Waals surface area (Å²) in [5.74, 6) is -0.0271. The maximum absolute atomic E-state index is 12.0. The SMILES string of the molecule is CSC1(CNC(=O)c2cc(C)cc(N)c2)CC1. The van der Waals surface area contributed by atoms with E-state index in [1.807, 2.05) is 30.8 Å². The van der Waals surface area contributed by atoms with Crippen molar-refractivity contribution < 1.29 is 4.79 Å². The van der Waals surface area contributed by atoms with Gasteiger partial charge >= 0.3 is 0 Å². The lowest BCUT2D eigenvalue weighted by Crippen LogP contribution is -2.31. The number of carbonyl (C=O) groups is 1. The van der Waals surface area contributed by atoms with Crippen LogP contribution in [0.3, 0.4) is 0 Å². The molecule has 1 aliphatic carbocycles. The fourth-order valence-electron chi connectivity index (χ4n) is 1.88. The van der Waals surface area contributed by atoms with Crippen molar-refractivity contribution in [2.45, 2.75) is 24.5 Å². The maximum Gasteiger partial charge on any atom is 0.251 e. The molecule has 17 heavy (non-hydrogen) atoms. The van der Waals surface area contributed by atoms with Crippen LogP contribution in [0.2, 0.25) is 0 Å². The second-order valence-electron chi connectivity index (χ2n) is 4.70. The van der Waals surface area contributed by atoms with E-state index in [4.69, 9.17) is 5.73 Å². The Hall–Kier alpha value is -1.16. The average molecular weight is 250 g/mol. The van der Waals surface area contributed by atoms with E-state index < -0.39 is 0 Å². The Morgan fingerprint density at radius 2 is 2.18 bits per heavy atom. The molecular weight excluding hydrogens is 232 g/mol. The van der Waals surface area contributed by atoms with Crippen molar-refractivity contribution in [3.63, 3.8) is 0 Å². The summed E-state index contributed by atoms with van der Waals surface area (Å²) in [5, 5.41) is 2.99. The summed E-state index contributed by atoms with van der Waals surface area (Å²) in [6.45, 7) is 2.69. The first-order chi connectivity index (χ1) is 8.04. The van der Waals surface area contributed by atoms with E-state index in [0.717, 1.165) is 12.1 Å². The van der Waals surface area contributed by atoms with Gasteiger partial charge in [-0.25, -0.2) is 0 Å². The zero-order valence-electron chi connectivity index (χ0n) is 10.2. The molecule has 1 fully saturated rings. The molecule has 92 valence electrons. The Labute approximate surface area is 106 Å². The highest BCUT2D eigenvalue weighted by Gasteiger charge is 2.41. The summed E-state index contributed by atoms with van der Waals surface area (Å²) in [7, 11) is 0. The number of aryl methyl sites for hydroxylation is 1. The van der Waals surface area contributed by atoms with Crippen molar-refractivity contribution in [2.24, 2.45) is 0 Å². The zero-order chi connectivity index (χ0) is 12.5. The largest absolute Gasteiger partial charge is 0.399 e. The monoisotopic (exact) mass is 250 g/mol. The Morgan fingerprint density at radius 1 is 1.47 bits per heavy atom. The summed E-state index contributed by atoms with van der Waals surface area (Å²) in [4.78, 5) is 12.0. The number of thioether (sulfide) groups is 1. The third kappa shape index (κ3) is 2.94. The summed E-state index contributed by atoms with van der Waals surface area (Å²) in [5.41, 5.74) is 8.04. The molecule has 0 saturated heterocycles. The second kappa shape index (κ2) is 4.61. The average Bonchev–Trinajstić information content (AvgIpc) is 3.05. The number of nitrogens with one attached hydrogen (secondary N) is 1. The van der Waals surface area contributed by atoms with E-state index in [9.17, 15) is 4.79 Å². The van der Waals surface area contributed by atoms with Crippen LogP contribution in [0.1, 0.15) is 28.8 Å². The topological polar surface area (TPSA) is 55.1 Å². The van der Waals surface area contributed by atoms with Crippen LogP contribution in [0.25, 0.3) is 0 Å². The van der Waals surface area contributed by atoms with Gasteiger partial charge in [-0.2, -0.15) is 11.8 Å². The molecule has 1 aromatic carbocycles. The van der Waals surface area contributed by atoms with Gasteiger partial charge in [0.1, 0.15) is 0 Å². The van der Waals surface area contributed by atoms with Gasteiger partial charge in [-0.1, -0.05) is 0 Å². The number of hydrogen-bond donors (Lipinski definition) is 2. The van der Waals surface area contributed by atoms with Crippen LogP contribution in [-0.2, 0) is 0 Å². The van der Waals surface area contributed by atoms with Gasteiger partial charge in [-0.15, -0.1) is 0 Å². The lowest BCUT2D eigenvalue weighted by atomic mass is 10.1. The van der Waals surface area contributed by atoms with E-state index >= 15 is 0 Å². The standard InChI is InChI=1S/C13H18N2OS/c1-9-5-10(7-11(14)6-9)12(16)15-8-13(17-2)3-4-13/h5-7H,3-4,8,14H2,1-2H3,(H,15,16). The molecule has 0 heterocycles. The minimum absolute atomic E-state index is 0.0271. The van der Waals surface area contributed by atoms with Crippen LogP contribution in [0.4, 0.5) is 5.69 Å². The van der Waals surface area contributed by atoms with E-state index in [1.54, 1.807) is 6.07 Å². The summed E-state index contributed by atoms with van der Waals surface area (Å²) >= 11 is 1.84. The molecule has 0 unspecified atom stereocenters. The number of hydrogen-bond acceptors (Lipinski definition) is 3. The molecule has 4 heteroatoms. The van der Waals surface area contributed by atoms with Crippen LogP contribution in [0, 0.1) is 6.92 Å². The molecule has 2 rings (SSSR count). The van der Waals surface area contributed by atoms with E-state index in [2.05, 4.69) is 11.6 Å². The van der Waals surface area contributed by atoms with Crippen LogP contribution in [0.5, 0.6) is 0 Å². The predicted octanol–water partition coefficient (Wildman–Crippen LogP) is 2.20. The quantitative estimate of drug-likeness (QED) is 0.806. The number of nitrogens with two attached hydrogens (primary N) is 1. The molecule has 1 aromatic rings. The first kappa shape index (κ1) is 12.3. The molecule has 0 bridgehead atoms. The van der Waals surface area contributed by atoms with Crippen molar-refractivity contribution in [1.29, 1.82) is 0 Å². The third-order valence-corrected chi connectivity index (χ3v) is 4.59. The number of amides is 1. The van der Waals surface area contributed by atoms with E-state index in [0.29, 0.717) is 16.0 Å². The van der Waals surface area contributed by atoms with Crippen molar-refractivity contribution in [1.82, 2.24) is 5.32 Å². The van der Waals surface area contributed by atoms with Gasteiger partial charge in [0.2, 0.25) is 0 Å². The summed E-state index contributed by atoms with van der Waals surface area (Å²) in [6, 6.07) is 5.45. The molecule has 3 N–H and O–H groups in total. The summed E-state index contributed by atoms with van der Waals surface area (Å²) < 4.78 is 0.297. The molecular formula is C13H18N2OS. The number of anilines is 1. The van der Waals surface area contributed by atoms with Gasteiger partial charge in [0.15, 0.2) is 0 Å². The highest BCUT2D eigenvalue weighted by Crippen LogP contribution is 2.46. The van der Waals surface area contributed by atoms with Crippen molar-refractivity contribution in [3.8, 4) is 0 Å². The number of carbonyl (C=O) groups excluding carboxylic acids is 1. The summed E-state index contributed by atoms with van der Waals surface area (Å²) in [6.07, 6.45) is 4.50. The highest BCUT2D eigenvalue weighted by atomic mass is 32.2. The minimum Gasteiger partial charge on any atom is -0.399 e. The molecule has 0 aromatic heterocycles. The fraction of sp³-hybridized carbons (Fsp3) is 0.462. The predicted molar refractivity (Wildman–Crippen MR) is 73.4 cm³/mol. The Kier molecular flexibility index (Phi) is 3.33. The first-order valence-electron chi connectivity index (χ1n) is 5.75. The molecule has 3 nitrogen and oxygen atoms in total. The van der Waals surface area contributed by atoms with E-state index in [-0.39, 0.29) is 5.91 Å². The Morgan fingerprint density at radius 3 is 2.71 bits per heavy atom. The van der Waals surface area contributed by atoms with Gasteiger partial charge in [-0.05, 0) is 49.8 Å². The fourth-order valence-corrected chi connectivity index (χ4v) is 2.61. The molecule has 0 spiro atoms. The normalized spacial score (nSPS) is 16.6. The molecule has 0 aliphatic heterocycles. The Balaban J connectivity index is 1.99. The van der Waals surface area contributed by atoms with Crippen LogP contribution < -0.4 is 11.1 Å². The lowest BCUT2D eigenvalue weighted by molar-refractivity contribution is 0.0953. The van der Waals surface area contributed by atoms with Gasteiger partial charge in [-0.3, -0.25) is 4.79 Å². The maximum atomic E-state index is 12.0. The number of benzene rings is 1. The highest BCUT2D eigenvalue weighted by molar-refractivity contribution is 8.00. The van der Waals surface area contributed by atoms with Gasteiger partial charge in [0.05, 0.1) is 0 Å². The third-order valence-electron chi connectivity index (χ3n) is 3.17. The van der Waals surface area contributed by atoms with Crippen LogP contribution >= 0.6 is 11.8 Å².